The first-order valence-electron chi connectivity index (χ1n) is 6.25. The average Bonchev–Trinajstić information content (AvgIpc) is 3.15. The third kappa shape index (κ3) is 3.62. The fraction of sp³-hybridized carbons (Fsp3) is 0.571. The molecule has 0 spiro atoms. The van der Waals surface area contributed by atoms with Gasteiger partial charge in [0.25, 0.3) is 0 Å². The molecule has 0 heterocycles. The van der Waals surface area contributed by atoms with E-state index >= 15 is 0 Å². The van der Waals surface area contributed by atoms with Crippen molar-refractivity contribution in [2.24, 2.45) is 11.8 Å². The molecule has 1 aliphatic rings. The van der Waals surface area contributed by atoms with Crippen molar-refractivity contribution >= 4 is 0 Å². The second-order valence-corrected chi connectivity index (χ2v) is 4.73. The van der Waals surface area contributed by atoms with Crippen molar-refractivity contribution in [2.45, 2.75) is 25.8 Å². The smallest absolute Gasteiger partial charge is 0.0462 e. The van der Waals surface area contributed by atoms with E-state index in [4.69, 9.17) is 0 Å². The van der Waals surface area contributed by atoms with Crippen molar-refractivity contribution < 1.29 is 5.11 Å². The predicted octanol–water partition coefficient (Wildman–Crippen LogP) is 2.18. The van der Waals surface area contributed by atoms with Crippen molar-refractivity contribution in [1.29, 1.82) is 0 Å². The summed E-state index contributed by atoms with van der Waals surface area (Å²) in [6.45, 7) is 2.30. The molecule has 0 aromatic heterocycles. The molecule has 0 bridgehead atoms. The number of benzene rings is 1. The first kappa shape index (κ1) is 11.6. The largest absolute Gasteiger partial charge is 0.396 e. The Morgan fingerprint density at radius 2 is 2.00 bits per heavy atom. The first-order valence-corrected chi connectivity index (χ1v) is 6.25. The summed E-state index contributed by atoms with van der Waals surface area (Å²) in [6, 6.07) is 10.4. The molecule has 2 rings (SSSR count). The molecule has 0 aliphatic heterocycles. The van der Waals surface area contributed by atoms with Crippen LogP contribution in [0.1, 0.15) is 24.8 Å². The molecule has 2 N–H and O–H groups in total. The number of hydrogen-bond donors (Lipinski definition) is 2. The van der Waals surface area contributed by atoms with Crippen LogP contribution in [-0.4, -0.2) is 18.3 Å². The highest BCUT2D eigenvalue weighted by atomic mass is 16.3. The van der Waals surface area contributed by atoms with E-state index in [9.17, 15) is 5.11 Å². The van der Waals surface area contributed by atoms with E-state index in [1.54, 1.807) is 0 Å². The van der Waals surface area contributed by atoms with Crippen LogP contribution in [0.5, 0.6) is 0 Å². The molecule has 88 valence electrons. The summed E-state index contributed by atoms with van der Waals surface area (Å²) >= 11 is 0. The van der Waals surface area contributed by atoms with Crippen LogP contribution in [0.3, 0.4) is 0 Å². The molecule has 2 heteroatoms. The van der Waals surface area contributed by atoms with E-state index < -0.39 is 0 Å². The predicted molar refractivity (Wildman–Crippen MR) is 66.1 cm³/mol. The minimum Gasteiger partial charge on any atom is -0.396 e. The van der Waals surface area contributed by atoms with Gasteiger partial charge in [-0.3, -0.25) is 0 Å². The van der Waals surface area contributed by atoms with Gasteiger partial charge in [-0.2, -0.15) is 0 Å². The maximum atomic E-state index is 9.23. The normalized spacial score (nSPS) is 17.3. The first-order chi connectivity index (χ1) is 7.90. The maximum absolute atomic E-state index is 9.23. The summed E-state index contributed by atoms with van der Waals surface area (Å²) in [5.74, 6) is 1.34. The van der Waals surface area contributed by atoms with Crippen LogP contribution in [0, 0.1) is 11.8 Å². The third-order valence-corrected chi connectivity index (χ3v) is 3.39. The van der Waals surface area contributed by atoms with Crippen LogP contribution in [0.25, 0.3) is 0 Å². The van der Waals surface area contributed by atoms with Crippen molar-refractivity contribution in [3.8, 4) is 0 Å². The van der Waals surface area contributed by atoms with Gasteiger partial charge in [-0.05, 0) is 43.2 Å². The van der Waals surface area contributed by atoms with E-state index in [-0.39, 0.29) is 0 Å². The molecule has 1 aliphatic carbocycles. The van der Waals surface area contributed by atoms with Gasteiger partial charge in [-0.1, -0.05) is 30.3 Å². The number of aliphatic hydroxyl groups excluding tert-OH is 1. The van der Waals surface area contributed by atoms with E-state index in [2.05, 4.69) is 29.6 Å². The highest BCUT2D eigenvalue weighted by molar-refractivity contribution is 5.14. The molecular weight excluding hydrogens is 198 g/mol. The van der Waals surface area contributed by atoms with Crippen LogP contribution in [-0.2, 0) is 6.54 Å². The number of rotatable bonds is 7. The molecule has 1 unspecified atom stereocenters. The summed E-state index contributed by atoms with van der Waals surface area (Å²) in [4.78, 5) is 0. The molecule has 0 saturated heterocycles. The van der Waals surface area contributed by atoms with Gasteiger partial charge in [-0.25, -0.2) is 0 Å². The van der Waals surface area contributed by atoms with Gasteiger partial charge in [0.15, 0.2) is 0 Å². The molecule has 0 radical (unpaired) electrons. The molecule has 16 heavy (non-hydrogen) atoms. The standard InChI is InChI=1S/C14H21NO/c16-11-14(13-6-7-13)8-9-15-10-12-4-2-1-3-5-12/h1-5,13-16H,6-11H2. The number of nitrogens with one attached hydrogen (secondary N) is 1. The molecule has 1 atom stereocenters. The van der Waals surface area contributed by atoms with Crippen molar-refractivity contribution in [2.75, 3.05) is 13.2 Å². The summed E-state index contributed by atoms with van der Waals surface area (Å²) < 4.78 is 0. The second kappa shape index (κ2) is 6.02. The number of aliphatic hydroxyl groups is 1. The quantitative estimate of drug-likeness (QED) is 0.689. The van der Waals surface area contributed by atoms with E-state index in [1.807, 2.05) is 6.07 Å². The summed E-state index contributed by atoms with van der Waals surface area (Å²) in [5, 5.41) is 12.7. The molecule has 1 aromatic carbocycles. The van der Waals surface area contributed by atoms with Crippen LogP contribution < -0.4 is 5.32 Å². The molecule has 0 amide bonds. The monoisotopic (exact) mass is 219 g/mol. The third-order valence-electron chi connectivity index (χ3n) is 3.39. The van der Waals surface area contributed by atoms with Crippen LogP contribution in [0.2, 0.25) is 0 Å². The Hall–Kier alpha value is -0.860. The van der Waals surface area contributed by atoms with Crippen LogP contribution in [0.15, 0.2) is 30.3 Å². The van der Waals surface area contributed by atoms with E-state index in [0.717, 1.165) is 25.4 Å². The lowest BCUT2D eigenvalue weighted by molar-refractivity contribution is 0.201. The van der Waals surface area contributed by atoms with Crippen LogP contribution in [0.4, 0.5) is 0 Å². The number of hydrogen-bond acceptors (Lipinski definition) is 2. The highest BCUT2D eigenvalue weighted by Crippen LogP contribution is 2.37. The topological polar surface area (TPSA) is 32.3 Å². The van der Waals surface area contributed by atoms with Gasteiger partial charge in [0.05, 0.1) is 0 Å². The van der Waals surface area contributed by atoms with Gasteiger partial charge in [0.2, 0.25) is 0 Å². The Labute approximate surface area is 97.7 Å². The molecule has 1 fully saturated rings. The summed E-state index contributed by atoms with van der Waals surface area (Å²) in [6.07, 6.45) is 3.75. The van der Waals surface area contributed by atoms with Gasteiger partial charge < -0.3 is 10.4 Å². The average molecular weight is 219 g/mol. The fourth-order valence-corrected chi connectivity index (χ4v) is 2.16. The lowest BCUT2D eigenvalue weighted by atomic mass is 10.0. The van der Waals surface area contributed by atoms with E-state index in [0.29, 0.717) is 12.5 Å². The van der Waals surface area contributed by atoms with Gasteiger partial charge in [0.1, 0.15) is 0 Å². The van der Waals surface area contributed by atoms with Crippen molar-refractivity contribution in [3.05, 3.63) is 35.9 Å². The SMILES string of the molecule is OCC(CCNCc1ccccc1)C1CC1. The van der Waals surface area contributed by atoms with Crippen molar-refractivity contribution in [3.63, 3.8) is 0 Å². The summed E-state index contributed by atoms with van der Waals surface area (Å²) in [7, 11) is 0. The molecular formula is C14H21NO. The molecule has 1 aromatic rings. The molecule has 2 nitrogen and oxygen atoms in total. The zero-order valence-corrected chi connectivity index (χ0v) is 9.73. The van der Waals surface area contributed by atoms with Gasteiger partial charge in [0, 0.05) is 13.2 Å². The Kier molecular flexibility index (Phi) is 4.37. The minimum absolute atomic E-state index is 0.359. The Bertz CT molecular complexity index is 295. The zero-order chi connectivity index (χ0) is 11.2. The van der Waals surface area contributed by atoms with Crippen molar-refractivity contribution in [1.82, 2.24) is 5.32 Å². The maximum Gasteiger partial charge on any atom is 0.0462 e. The highest BCUT2D eigenvalue weighted by Gasteiger charge is 2.29. The summed E-state index contributed by atoms with van der Waals surface area (Å²) in [5.41, 5.74) is 1.33. The lowest BCUT2D eigenvalue weighted by Gasteiger charge is -2.13. The van der Waals surface area contributed by atoms with Gasteiger partial charge >= 0.3 is 0 Å². The van der Waals surface area contributed by atoms with Gasteiger partial charge in [-0.15, -0.1) is 0 Å². The Morgan fingerprint density at radius 3 is 2.62 bits per heavy atom. The Morgan fingerprint density at radius 1 is 1.25 bits per heavy atom. The van der Waals surface area contributed by atoms with E-state index in [1.165, 1.54) is 18.4 Å². The molecule has 1 saturated carbocycles. The minimum atomic E-state index is 0.359. The lowest BCUT2D eigenvalue weighted by Crippen LogP contribution is -2.20. The Balaban J connectivity index is 1.61. The second-order valence-electron chi connectivity index (χ2n) is 4.73. The zero-order valence-electron chi connectivity index (χ0n) is 9.73. The fourth-order valence-electron chi connectivity index (χ4n) is 2.16. The van der Waals surface area contributed by atoms with Crippen LogP contribution >= 0.6 is 0 Å².